The molecule has 3 aromatic rings. The number of benzene rings is 3. The van der Waals surface area contributed by atoms with Crippen molar-refractivity contribution in [1.82, 2.24) is 31.9 Å². The number of hydrogen-bond donors (Lipinski definition) is 11. The number of halogens is 1. The average molecular weight is 896 g/mol. The van der Waals surface area contributed by atoms with Gasteiger partial charge in [-0.05, 0) is 84.8 Å². The first-order valence-corrected chi connectivity index (χ1v) is 21.2. The minimum atomic E-state index is -1.46. The predicted molar refractivity (Wildman–Crippen MR) is 235 cm³/mol. The molecule has 0 aliphatic rings. The van der Waals surface area contributed by atoms with Gasteiger partial charge in [0.15, 0.2) is 0 Å². The zero-order chi connectivity index (χ0) is 46.6. The molecule has 0 saturated carbocycles. The van der Waals surface area contributed by atoms with Crippen LogP contribution in [-0.4, -0.2) is 105 Å². The molecule has 0 saturated heterocycles. The van der Waals surface area contributed by atoms with Crippen LogP contribution in [0.2, 0.25) is 0 Å². The van der Waals surface area contributed by atoms with Crippen molar-refractivity contribution in [3.8, 4) is 11.5 Å². The number of amides is 6. The lowest BCUT2D eigenvalue weighted by Crippen LogP contribution is -2.61. The molecule has 0 bridgehead atoms. The number of thiol groups is 1. The van der Waals surface area contributed by atoms with Gasteiger partial charge in [-0.2, -0.15) is 12.6 Å². The minimum Gasteiger partial charge on any atom is -0.508 e. The summed E-state index contributed by atoms with van der Waals surface area (Å²) in [6.07, 6.45) is 0.745. The summed E-state index contributed by atoms with van der Waals surface area (Å²) in [5, 5.41) is 45.2. The van der Waals surface area contributed by atoms with Gasteiger partial charge in [-0.25, -0.2) is 9.18 Å². The Labute approximate surface area is 371 Å². The van der Waals surface area contributed by atoms with E-state index < -0.39 is 89.4 Å². The molecule has 7 atom stereocenters. The molecule has 0 unspecified atom stereocenters. The number of carbonyl (C=O) groups is 7. The largest absolute Gasteiger partial charge is 0.508 e. The Bertz CT molecular complexity index is 2010. The second kappa shape index (κ2) is 25.7. The number of carboxylic acids is 1. The number of aromatic hydroxyl groups is 2. The van der Waals surface area contributed by atoms with Gasteiger partial charge in [0, 0.05) is 31.9 Å². The number of nitrogens with one attached hydrogen (secondary N) is 6. The van der Waals surface area contributed by atoms with Crippen LogP contribution in [0.5, 0.6) is 11.5 Å². The van der Waals surface area contributed by atoms with Crippen molar-refractivity contribution in [3.63, 3.8) is 0 Å². The number of carboxylic acid groups (broad SMARTS) is 1. The summed E-state index contributed by atoms with van der Waals surface area (Å²) in [5.41, 5.74) is 7.16. The summed E-state index contributed by atoms with van der Waals surface area (Å²) in [6.45, 7) is 5.01. The Hall–Kier alpha value is -6.21. The second-order valence-electron chi connectivity index (χ2n) is 15.2. The zero-order valence-electron chi connectivity index (χ0n) is 35.4. The number of rotatable bonds is 25. The predicted octanol–water partition coefficient (Wildman–Crippen LogP) is 1.38. The van der Waals surface area contributed by atoms with E-state index in [9.17, 15) is 53.3 Å². The first-order chi connectivity index (χ1) is 29.9. The van der Waals surface area contributed by atoms with Crippen molar-refractivity contribution in [3.05, 3.63) is 95.3 Å². The number of hydrogen-bond acceptors (Lipinski definition) is 11. The fourth-order valence-corrected chi connectivity index (χ4v) is 6.70. The molecule has 6 amide bonds. The highest BCUT2D eigenvalue weighted by Crippen LogP contribution is 2.16. The third-order valence-electron chi connectivity index (χ3n) is 10.2. The standard InChI is InChI=1S/C44H58FN7O10S/c1-4-25(2)38(52-42(59)37(24-63)47-26(3)53)43(60)50-35(22-28-10-16-31(54)17-11-28)40(57)48-33(7-5-6-20-46)39(56)49-34(21-27-8-14-30(45)15-9-27)41(58)51-36(44(61)62)23-29-12-18-32(55)19-13-29/h8-19,25,33-38,54-55,63H,4-7,20-24,46H2,1-3H3,(H,47,53)(H,48,57)(H,49,56)(H,50,60)(H,51,58)(H,52,59)(H,61,62)/t25-,33-,34-,35-,36-,37-,38-/m0/s1. The van der Waals surface area contributed by atoms with E-state index in [1.807, 2.05) is 0 Å². The quantitative estimate of drug-likeness (QED) is 0.0427. The first kappa shape index (κ1) is 51.1. The Morgan fingerprint density at radius 2 is 1.02 bits per heavy atom. The van der Waals surface area contributed by atoms with Crippen LogP contribution in [-0.2, 0) is 52.8 Å². The Morgan fingerprint density at radius 3 is 1.46 bits per heavy atom. The smallest absolute Gasteiger partial charge is 0.326 e. The van der Waals surface area contributed by atoms with Gasteiger partial charge in [0.1, 0.15) is 53.6 Å². The van der Waals surface area contributed by atoms with E-state index in [4.69, 9.17) is 5.73 Å². The van der Waals surface area contributed by atoms with Gasteiger partial charge in [-0.15, -0.1) is 0 Å². The Kier molecular flexibility index (Phi) is 20.8. The van der Waals surface area contributed by atoms with Crippen LogP contribution < -0.4 is 37.6 Å². The lowest BCUT2D eigenvalue weighted by Gasteiger charge is -2.29. The molecule has 0 aliphatic heterocycles. The topological polar surface area (TPSA) is 278 Å². The number of phenols is 2. The number of nitrogens with two attached hydrogens (primary N) is 1. The van der Waals surface area contributed by atoms with Gasteiger partial charge in [0.05, 0.1) is 0 Å². The molecule has 19 heteroatoms. The molecule has 3 aromatic carbocycles. The van der Waals surface area contributed by atoms with Crippen molar-refractivity contribution in [2.24, 2.45) is 11.7 Å². The minimum absolute atomic E-state index is 0.0257. The van der Waals surface area contributed by atoms with E-state index in [-0.39, 0.29) is 49.5 Å². The van der Waals surface area contributed by atoms with Crippen LogP contribution in [0.1, 0.15) is 63.1 Å². The summed E-state index contributed by atoms with van der Waals surface area (Å²) in [5.74, 6) is -6.96. The van der Waals surface area contributed by atoms with Crippen LogP contribution in [0.4, 0.5) is 4.39 Å². The van der Waals surface area contributed by atoms with E-state index in [0.717, 1.165) is 12.1 Å². The maximum Gasteiger partial charge on any atom is 0.326 e. The second-order valence-corrected chi connectivity index (χ2v) is 15.6. The van der Waals surface area contributed by atoms with Crippen LogP contribution in [0.25, 0.3) is 0 Å². The molecular weight excluding hydrogens is 838 g/mol. The van der Waals surface area contributed by atoms with Crippen molar-refractivity contribution >= 4 is 54.0 Å². The molecule has 0 aliphatic carbocycles. The molecule has 0 heterocycles. The highest BCUT2D eigenvalue weighted by atomic mass is 32.1. The SMILES string of the molecule is CC[C@H](C)[C@H](NC(=O)[C@H](CS)NC(C)=O)C(=O)N[C@@H](Cc1ccc(O)cc1)C(=O)N[C@@H](CCCCN)C(=O)N[C@@H](Cc1ccc(F)cc1)C(=O)N[C@@H](Cc1ccc(O)cc1)C(=O)O. The third kappa shape index (κ3) is 17.2. The van der Waals surface area contributed by atoms with Gasteiger partial charge in [0.2, 0.25) is 35.4 Å². The fraction of sp³-hybridized carbons (Fsp3) is 0.432. The summed E-state index contributed by atoms with van der Waals surface area (Å²) >= 11 is 4.15. The van der Waals surface area contributed by atoms with Gasteiger partial charge < -0.3 is 53.0 Å². The van der Waals surface area contributed by atoms with Gasteiger partial charge in [0.25, 0.3) is 0 Å². The highest BCUT2D eigenvalue weighted by Gasteiger charge is 2.35. The zero-order valence-corrected chi connectivity index (χ0v) is 36.3. The van der Waals surface area contributed by atoms with Gasteiger partial charge in [-0.1, -0.05) is 56.7 Å². The molecule has 0 spiro atoms. The van der Waals surface area contributed by atoms with Crippen LogP contribution in [0.3, 0.4) is 0 Å². The van der Waals surface area contributed by atoms with Crippen molar-refractivity contribution < 1.29 is 53.3 Å². The average Bonchev–Trinajstić information content (AvgIpc) is 3.25. The molecular formula is C44H58FN7O10S. The van der Waals surface area contributed by atoms with E-state index in [2.05, 4.69) is 44.5 Å². The number of phenolic OH excluding ortho intramolecular Hbond substituents is 2. The molecule has 3 rings (SSSR count). The van der Waals surface area contributed by atoms with Gasteiger partial charge >= 0.3 is 5.97 Å². The van der Waals surface area contributed by atoms with Crippen LogP contribution >= 0.6 is 12.6 Å². The lowest BCUT2D eigenvalue weighted by atomic mass is 9.96. The van der Waals surface area contributed by atoms with Crippen molar-refractivity contribution in [2.45, 2.75) is 102 Å². The molecule has 0 radical (unpaired) electrons. The lowest BCUT2D eigenvalue weighted by molar-refractivity contribution is -0.142. The Morgan fingerprint density at radius 1 is 0.603 bits per heavy atom. The molecule has 0 fully saturated rings. The Balaban J connectivity index is 1.95. The van der Waals surface area contributed by atoms with Crippen molar-refractivity contribution in [2.75, 3.05) is 12.3 Å². The van der Waals surface area contributed by atoms with E-state index in [1.165, 1.54) is 67.6 Å². The van der Waals surface area contributed by atoms with Gasteiger partial charge in [-0.3, -0.25) is 28.8 Å². The molecule has 342 valence electrons. The maximum absolute atomic E-state index is 14.3. The maximum atomic E-state index is 14.3. The monoisotopic (exact) mass is 895 g/mol. The van der Waals surface area contributed by atoms with E-state index in [0.29, 0.717) is 36.0 Å². The summed E-state index contributed by atoms with van der Waals surface area (Å²) in [4.78, 5) is 93.6. The van der Waals surface area contributed by atoms with E-state index >= 15 is 0 Å². The fourth-order valence-electron chi connectivity index (χ4n) is 6.45. The molecule has 0 aromatic heterocycles. The summed E-state index contributed by atoms with van der Waals surface area (Å²) < 4.78 is 13.9. The number of aliphatic carboxylic acids is 1. The highest BCUT2D eigenvalue weighted by molar-refractivity contribution is 7.80. The van der Waals surface area contributed by atoms with Crippen LogP contribution in [0, 0.1) is 11.7 Å². The normalized spacial score (nSPS) is 14.3. The van der Waals surface area contributed by atoms with Crippen LogP contribution in [0.15, 0.2) is 72.8 Å². The number of unbranched alkanes of at least 4 members (excludes halogenated alkanes) is 1. The van der Waals surface area contributed by atoms with E-state index in [1.54, 1.807) is 13.8 Å². The molecule has 17 nitrogen and oxygen atoms in total. The summed E-state index contributed by atoms with van der Waals surface area (Å²) in [7, 11) is 0. The third-order valence-corrected chi connectivity index (χ3v) is 10.6. The number of carbonyl (C=O) groups excluding carboxylic acids is 6. The van der Waals surface area contributed by atoms with Crippen molar-refractivity contribution in [1.29, 1.82) is 0 Å². The molecule has 11 N–H and O–H groups in total. The first-order valence-electron chi connectivity index (χ1n) is 20.6. The summed E-state index contributed by atoms with van der Waals surface area (Å²) in [6, 6.07) is 8.90. The molecule has 63 heavy (non-hydrogen) atoms.